The van der Waals surface area contributed by atoms with E-state index in [0.717, 1.165) is 22.5 Å². The lowest BCUT2D eigenvalue weighted by atomic mass is 10.1. The highest BCUT2D eigenvalue weighted by molar-refractivity contribution is 6.30. The molecule has 0 aliphatic carbocycles. The topological polar surface area (TPSA) is 58.6 Å². The fraction of sp³-hybridized carbons (Fsp3) is 0.273. The number of nitrogens with zero attached hydrogens (tertiary/aromatic N) is 1. The number of anilines is 1. The zero-order chi connectivity index (χ0) is 28.5. The molecule has 1 amide bonds. The van der Waals surface area contributed by atoms with E-state index >= 15 is 0 Å². The Labute approximate surface area is 238 Å². The molecule has 0 saturated carbocycles. The van der Waals surface area contributed by atoms with Gasteiger partial charge in [-0.15, -0.1) is 0 Å². The molecule has 206 valence electrons. The summed E-state index contributed by atoms with van der Waals surface area (Å²) in [5.74, 6) is 0.480. The first-order chi connectivity index (χ1) is 19.1. The molecule has 0 radical (unpaired) electrons. The second-order valence-corrected chi connectivity index (χ2v) is 8.64. The zero-order valence-corrected chi connectivity index (χ0v) is 24.1. The van der Waals surface area contributed by atoms with E-state index in [9.17, 15) is 9.59 Å². The number of para-hydroxylation sites is 1. The predicted molar refractivity (Wildman–Crippen MR) is 162 cm³/mol. The number of ether oxygens (including phenoxy) is 1. The van der Waals surface area contributed by atoms with E-state index in [0.29, 0.717) is 36.7 Å². The minimum absolute atomic E-state index is 0.0620. The lowest BCUT2D eigenvalue weighted by Crippen LogP contribution is -2.37. The lowest BCUT2D eigenvalue weighted by Gasteiger charge is -2.23. The van der Waals surface area contributed by atoms with E-state index in [1.165, 1.54) is 0 Å². The van der Waals surface area contributed by atoms with Gasteiger partial charge < -0.3 is 15.0 Å². The normalized spacial score (nSPS) is 13.2. The Morgan fingerprint density at radius 3 is 2.31 bits per heavy atom. The van der Waals surface area contributed by atoms with Crippen LogP contribution < -0.4 is 15.0 Å². The number of amides is 1. The van der Waals surface area contributed by atoms with Crippen molar-refractivity contribution in [3.05, 3.63) is 119 Å². The summed E-state index contributed by atoms with van der Waals surface area (Å²) in [5, 5.41) is 3.99. The summed E-state index contributed by atoms with van der Waals surface area (Å²) in [5.41, 5.74) is 3.84. The van der Waals surface area contributed by atoms with Crippen molar-refractivity contribution < 1.29 is 14.3 Å². The Bertz CT molecular complexity index is 1220. The fourth-order valence-electron chi connectivity index (χ4n) is 3.80. The van der Waals surface area contributed by atoms with E-state index in [1.807, 2.05) is 88.4 Å². The van der Waals surface area contributed by atoms with Gasteiger partial charge in [0.1, 0.15) is 5.75 Å². The van der Waals surface area contributed by atoms with Gasteiger partial charge in [0.2, 0.25) is 0 Å². The van der Waals surface area contributed by atoms with Gasteiger partial charge >= 0.3 is 0 Å². The Hall–Kier alpha value is -3.83. The molecule has 1 aliphatic rings. The summed E-state index contributed by atoms with van der Waals surface area (Å²) in [6.45, 7) is 8.83. The first kappa shape index (κ1) is 31.4. The summed E-state index contributed by atoms with van der Waals surface area (Å²) in [6.07, 6.45) is 6.36. The van der Waals surface area contributed by atoms with Crippen LogP contribution in [-0.4, -0.2) is 24.8 Å². The summed E-state index contributed by atoms with van der Waals surface area (Å²) in [7, 11) is 0. The monoisotopic (exact) mass is 546 g/mol. The highest BCUT2D eigenvalue weighted by Crippen LogP contribution is 2.25. The number of halogens is 1. The minimum atomic E-state index is -0.162. The number of nitrogens with one attached hydrogen (secondary N) is 1. The number of hydrogen-bond acceptors (Lipinski definition) is 4. The van der Waals surface area contributed by atoms with Gasteiger partial charge in [0.25, 0.3) is 5.91 Å². The molecule has 0 atom stereocenters. The Kier molecular flexibility index (Phi) is 14.2. The van der Waals surface area contributed by atoms with Crippen LogP contribution in [0.4, 0.5) is 5.69 Å². The summed E-state index contributed by atoms with van der Waals surface area (Å²) in [6, 6.07) is 24.7. The largest absolute Gasteiger partial charge is 0.484 e. The van der Waals surface area contributed by atoms with Gasteiger partial charge in [-0.25, -0.2) is 0 Å². The van der Waals surface area contributed by atoms with Crippen molar-refractivity contribution in [1.29, 1.82) is 0 Å². The number of allylic oxidation sites excluding steroid dienone is 3. The number of carbonyl (C=O) groups excluding carboxylic acids is 2. The minimum Gasteiger partial charge on any atom is -0.484 e. The number of carbonyl (C=O) groups is 2. The number of ketones is 1. The summed E-state index contributed by atoms with van der Waals surface area (Å²) >= 11 is 5.92. The Balaban J connectivity index is 0.00000127. The molecule has 0 unspecified atom stereocenters. The number of aryl methyl sites for hydroxylation is 1. The number of rotatable bonds is 8. The fourth-order valence-corrected chi connectivity index (χ4v) is 3.92. The van der Waals surface area contributed by atoms with Crippen LogP contribution in [0, 0.1) is 0 Å². The van der Waals surface area contributed by atoms with Crippen molar-refractivity contribution in [2.45, 2.75) is 47.1 Å². The molecular formula is C33H39ClN2O3. The second-order valence-electron chi connectivity index (χ2n) is 8.21. The average molecular weight is 547 g/mol. The molecule has 0 saturated heterocycles. The molecule has 5 nitrogen and oxygen atoms in total. The molecule has 39 heavy (non-hydrogen) atoms. The second kappa shape index (κ2) is 17.6. The number of fused-ring (bicyclic) bond motifs is 1. The van der Waals surface area contributed by atoms with Crippen molar-refractivity contribution in [1.82, 2.24) is 5.32 Å². The SMILES string of the molecule is CC.CC.O=C(/C=C/C=C1/CN(C(=O)COc2ccc(Cl)cc2)c2ccccc2CN1)CCc1ccccc1. The number of hydrogen-bond donors (Lipinski definition) is 1. The van der Waals surface area contributed by atoms with Crippen LogP contribution in [0.3, 0.4) is 0 Å². The molecule has 0 spiro atoms. The molecule has 3 aromatic carbocycles. The molecule has 1 N–H and O–H groups in total. The van der Waals surface area contributed by atoms with E-state index in [-0.39, 0.29) is 18.3 Å². The molecular weight excluding hydrogens is 508 g/mol. The van der Waals surface area contributed by atoms with E-state index in [1.54, 1.807) is 41.3 Å². The maximum atomic E-state index is 13.1. The van der Waals surface area contributed by atoms with E-state index in [2.05, 4.69) is 5.32 Å². The third kappa shape index (κ3) is 10.5. The van der Waals surface area contributed by atoms with Crippen molar-refractivity contribution >= 4 is 29.0 Å². The summed E-state index contributed by atoms with van der Waals surface area (Å²) < 4.78 is 5.69. The smallest absolute Gasteiger partial charge is 0.265 e. The van der Waals surface area contributed by atoms with Crippen molar-refractivity contribution in [3.63, 3.8) is 0 Å². The van der Waals surface area contributed by atoms with Crippen molar-refractivity contribution in [2.75, 3.05) is 18.1 Å². The van der Waals surface area contributed by atoms with Gasteiger partial charge in [-0.05, 0) is 60.0 Å². The number of benzene rings is 3. The predicted octanol–water partition coefficient (Wildman–Crippen LogP) is 7.55. The molecule has 4 rings (SSSR count). The lowest BCUT2D eigenvalue weighted by molar-refractivity contribution is -0.120. The highest BCUT2D eigenvalue weighted by Gasteiger charge is 2.23. The van der Waals surface area contributed by atoms with E-state index in [4.69, 9.17) is 16.3 Å². The van der Waals surface area contributed by atoms with Crippen LogP contribution in [0.25, 0.3) is 0 Å². The van der Waals surface area contributed by atoms with Gasteiger partial charge in [0.05, 0.1) is 6.54 Å². The molecule has 6 heteroatoms. The van der Waals surface area contributed by atoms with Crippen LogP contribution >= 0.6 is 11.6 Å². The third-order valence-electron chi connectivity index (χ3n) is 5.68. The van der Waals surface area contributed by atoms with Gasteiger partial charge in [0, 0.05) is 29.4 Å². The van der Waals surface area contributed by atoms with Crippen LogP contribution in [0.2, 0.25) is 5.02 Å². The first-order valence-corrected chi connectivity index (χ1v) is 13.9. The van der Waals surface area contributed by atoms with Crippen LogP contribution in [0.1, 0.15) is 45.2 Å². The molecule has 1 heterocycles. The van der Waals surface area contributed by atoms with Gasteiger partial charge in [-0.3, -0.25) is 9.59 Å². The zero-order valence-electron chi connectivity index (χ0n) is 23.3. The van der Waals surface area contributed by atoms with Crippen LogP contribution in [0.15, 0.2) is 103 Å². The van der Waals surface area contributed by atoms with Crippen LogP contribution in [-0.2, 0) is 22.6 Å². The molecule has 0 bridgehead atoms. The Morgan fingerprint density at radius 1 is 0.923 bits per heavy atom. The maximum absolute atomic E-state index is 13.1. The molecule has 0 aromatic heterocycles. The third-order valence-corrected chi connectivity index (χ3v) is 5.93. The van der Waals surface area contributed by atoms with Gasteiger partial charge in [-0.2, -0.15) is 0 Å². The molecule has 3 aromatic rings. The highest BCUT2D eigenvalue weighted by atomic mass is 35.5. The van der Waals surface area contributed by atoms with Crippen molar-refractivity contribution in [2.24, 2.45) is 0 Å². The standard InChI is InChI=1S/C29H27ClN2O3.2C2H6/c30-24-14-17-27(18-15-24)35-21-29(34)32-20-25(31-19-23-9-4-5-12-28(23)32)10-6-11-26(33)16-13-22-7-2-1-3-8-22;2*1-2/h1-12,14-15,17-18,31H,13,16,19-21H2;2*1-2H3/b11-6+,25-10-;;. The molecule has 1 aliphatic heterocycles. The summed E-state index contributed by atoms with van der Waals surface area (Å²) in [4.78, 5) is 27.2. The van der Waals surface area contributed by atoms with Crippen molar-refractivity contribution in [3.8, 4) is 5.75 Å². The molecule has 0 fully saturated rings. The van der Waals surface area contributed by atoms with Crippen LogP contribution in [0.5, 0.6) is 5.75 Å². The quantitative estimate of drug-likeness (QED) is 0.296. The Morgan fingerprint density at radius 2 is 1.59 bits per heavy atom. The average Bonchev–Trinajstić information content (AvgIpc) is 3.18. The van der Waals surface area contributed by atoms with E-state index < -0.39 is 0 Å². The maximum Gasteiger partial charge on any atom is 0.265 e. The van der Waals surface area contributed by atoms with Gasteiger partial charge in [-0.1, -0.05) is 93.9 Å². The first-order valence-electron chi connectivity index (χ1n) is 13.5. The van der Waals surface area contributed by atoms with Gasteiger partial charge in [0.15, 0.2) is 12.4 Å².